The summed E-state index contributed by atoms with van der Waals surface area (Å²) < 4.78 is 15.2. The normalized spacial score (nSPS) is 11.1. The van der Waals surface area contributed by atoms with Gasteiger partial charge in [-0.05, 0) is 36.9 Å². The van der Waals surface area contributed by atoms with Crippen molar-refractivity contribution < 1.29 is 4.39 Å². The molecular formula is C17H18FN3. The minimum Gasteiger partial charge on any atom is -0.323 e. The van der Waals surface area contributed by atoms with Gasteiger partial charge in [-0.2, -0.15) is 0 Å². The lowest BCUT2D eigenvalue weighted by Gasteiger charge is -2.09. The fourth-order valence-electron chi connectivity index (χ4n) is 2.50. The molecule has 0 saturated carbocycles. The Bertz CT molecular complexity index is 731. The molecule has 3 rings (SSSR count). The van der Waals surface area contributed by atoms with Gasteiger partial charge in [-0.1, -0.05) is 24.3 Å². The van der Waals surface area contributed by atoms with E-state index in [4.69, 9.17) is 4.98 Å². The molecule has 0 aliphatic heterocycles. The Kier molecular flexibility index (Phi) is 3.97. The van der Waals surface area contributed by atoms with Crippen molar-refractivity contribution in [3.05, 3.63) is 65.7 Å². The molecule has 2 aromatic carbocycles. The highest BCUT2D eigenvalue weighted by Gasteiger charge is 2.10. The smallest absolute Gasteiger partial charge is 0.123 e. The largest absolute Gasteiger partial charge is 0.323 e. The van der Waals surface area contributed by atoms with Crippen LogP contribution in [-0.4, -0.2) is 23.1 Å². The standard InChI is InChI=1S/C17H18FN3/c1-19-11-10-17-20-15-4-2-3-5-16(15)21(17)12-13-6-8-14(18)9-7-13/h2-9,19H,10-12H2,1H3. The molecule has 0 fully saturated rings. The Labute approximate surface area is 123 Å². The maximum Gasteiger partial charge on any atom is 0.123 e. The van der Waals surface area contributed by atoms with Crippen molar-refractivity contribution in [2.75, 3.05) is 13.6 Å². The molecule has 1 N–H and O–H groups in total. The number of benzene rings is 2. The first-order chi connectivity index (χ1) is 10.3. The van der Waals surface area contributed by atoms with Crippen LogP contribution in [0.3, 0.4) is 0 Å². The van der Waals surface area contributed by atoms with Crippen molar-refractivity contribution in [3.8, 4) is 0 Å². The number of halogens is 1. The molecule has 1 aromatic heterocycles. The average molecular weight is 283 g/mol. The third-order valence-corrected chi connectivity index (χ3v) is 3.59. The molecular weight excluding hydrogens is 265 g/mol. The summed E-state index contributed by atoms with van der Waals surface area (Å²) in [5, 5.41) is 3.16. The summed E-state index contributed by atoms with van der Waals surface area (Å²) in [7, 11) is 1.94. The first-order valence-corrected chi connectivity index (χ1v) is 7.11. The number of nitrogens with zero attached hydrogens (tertiary/aromatic N) is 2. The molecule has 0 radical (unpaired) electrons. The van der Waals surface area contributed by atoms with Crippen molar-refractivity contribution >= 4 is 11.0 Å². The van der Waals surface area contributed by atoms with Gasteiger partial charge in [-0.3, -0.25) is 0 Å². The van der Waals surface area contributed by atoms with Crippen LogP contribution in [0, 0.1) is 5.82 Å². The van der Waals surface area contributed by atoms with Gasteiger partial charge in [0.2, 0.25) is 0 Å². The first kappa shape index (κ1) is 13.8. The van der Waals surface area contributed by atoms with E-state index in [1.165, 1.54) is 12.1 Å². The average Bonchev–Trinajstić information content (AvgIpc) is 2.85. The second kappa shape index (κ2) is 6.06. The van der Waals surface area contributed by atoms with Crippen LogP contribution >= 0.6 is 0 Å². The van der Waals surface area contributed by atoms with Gasteiger partial charge in [0.1, 0.15) is 11.6 Å². The van der Waals surface area contributed by atoms with Crippen molar-refractivity contribution in [3.63, 3.8) is 0 Å². The van der Waals surface area contributed by atoms with E-state index in [1.807, 2.05) is 37.4 Å². The zero-order valence-corrected chi connectivity index (χ0v) is 12.0. The number of fused-ring (bicyclic) bond motifs is 1. The van der Waals surface area contributed by atoms with Gasteiger partial charge in [0.25, 0.3) is 0 Å². The maximum absolute atomic E-state index is 13.0. The van der Waals surface area contributed by atoms with Crippen LogP contribution in [0.5, 0.6) is 0 Å². The Morgan fingerprint density at radius 3 is 2.62 bits per heavy atom. The summed E-state index contributed by atoms with van der Waals surface area (Å²) in [6.07, 6.45) is 0.867. The molecule has 0 spiro atoms. The lowest BCUT2D eigenvalue weighted by atomic mass is 10.2. The SMILES string of the molecule is CNCCc1nc2ccccc2n1Cc1ccc(F)cc1. The van der Waals surface area contributed by atoms with Crippen molar-refractivity contribution in [2.45, 2.75) is 13.0 Å². The Morgan fingerprint density at radius 1 is 1.10 bits per heavy atom. The zero-order valence-electron chi connectivity index (χ0n) is 12.0. The van der Waals surface area contributed by atoms with E-state index < -0.39 is 0 Å². The highest BCUT2D eigenvalue weighted by Crippen LogP contribution is 2.18. The topological polar surface area (TPSA) is 29.9 Å². The third-order valence-electron chi connectivity index (χ3n) is 3.59. The van der Waals surface area contributed by atoms with Gasteiger partial charge in [-0.15, -0.1) is 0 Å². The minimum atomic E-state index is -0.204. The number of nitrogens with one attached hydrogen (secondary N) is 1. The van der Waals surface area contributed by atoms with Crippen molar-refractivity contribution in [2.24, 2.45) is 0 Å². The Hall–Kier alpha value is -2.20. The van der Waals surface area contributed by atoms with Gasteiger partial charge < -0.3 is 9.88 Å². The summed E-state index contributed by atoms with van der Waals surface area (Å²) in [5.41, 5.74) is 3.20. The Morgan fingerprint density at radius 2 is 1.86 bits per heavy atom. The van der Waals surface area contributed by atoms with E-state index >= 15 is 0 Å². The highest BCUT2D eigenvalue weighted by atomic mass is 19.1. The molecule has 3 aromatic rings. The second-order valence-corrected chi connectivity index (χ2v) is 5.08. The summed E-state index contributed by atoms with van der Waals surface area (Å²) >= 11 is 0. The number of rotatable bonds is 5. The predicted molar refractivity (Wildman–Crippen MR) is 82.9 cm³/mol. The van der Waals surface area contributed by atoms with Crippen LogP contribution in [0.2, 0.25) is 0 Å². The lowest BCUT2D eigenvalue weighted by Crippen LogP contribution is -2.14. The van der Waals surface area contributed by atoms with E-state index in [0.717, 1.165) is 35.4 Å². The molecule has 108 valence electrons. The van der Waals surface area contributed by atoms with E-state index in [2.05, 4.69) is 16.0 Å². The minimum absolute atomic E-state index is 0.204. The van der Waals surface area contributed by atoms with E-state index in [0.29, 0.717) is 6.54 Å². The molecule has 1 heterocycles. The summed E-state index contributed by atoms with van der Waals surface area (Å²) in [5.74, 6) is 0.847. The first-order valence-electron chi connectivity index (χ1n) is 7.11. The number of hydrogen-bond acceptors (Lipinski definition) is 2. The predicted octanol–water partition coefficient (Wildman–Crippen LogP) is 2.99. The third kappa shape index (κ3) is 2.95. The van der Waals surface area contributed by atoms with Crippen LogP contribution in [0.1, 0.15) is 11.4 Å². The van der Waals surface area contributed by atoms with Crippen molar-refractivity contribution in [1.82, 2.24) is 14.9 Å². The van der Waals surface area contributed by atoms with Gasteiger partial charge in [0.15, 0.2) is 0 Å². The molecule has 21 heavy (non-hydrogen) atoms. The fraction of sp³-hybridized carbons (Fsp3) is 0.235. The lowest BCUT2D eigenvalue weighted by molar-refractivity contribution is 0.626. The molecule has 0 aliphatic carbocycles. The molecule has 0 saturated heterocycles. The quantitative estimate of drug-likeness (QED) is 0.780. The molecule has 0 amide bonds. The van der Waals surface area contributed by atoms with E-state index in [-0.39, 0.29) is 5.82 Å². The molecule has 0 aliphatic rings. The molecule has 0 unspecified atom stereocenters. The van der Waals surface area contributed by atoms with Crippen LogP contribution in [-0.2, 0) is 13.0 Å². The molecule has 0 bridgehead atoms. The molecule has 3 nitrogen and oxygen atoms in total. The van der Waals surface area contributed by atoms with Crippen LogP contribution < -0.4 is 5.32 Å². The molecule has 0 atom stereocenters. The second-order valence-electron chi connectivity index (χ2n) is 5.08. The Balaban J connectivity index is 1.99. The summed E-state index contributed by atoms with van der Waals surface area (Å²) in [4.78, 5) is 4.71. The van der Waals surface area contributed by atoms with Gasteiger partial charge in [0.05, 0.1) is 11.0 Å². The van der Waals surface area contributed by atoms with Gasteiger partial charge in [0, 0.05) is 19.5 Å². The number of hydrogen-bond donors (Lipinski definition) is 1. The number of para-hydroxylation sites is 2. The summed E-state index contributed by atoms with van der Waals surface area (Å²) in [6.45, 7) is 1.59. The van der Waals surface area contributed by atoms with Crippen LogP contribution in [0.15, 0.2) is 48.5 Å². The summed E-state index contributed by atoms with van der Waals surface area (Å²) in [6, 6.07) is 14.8. The number of likely N-dealkylation sites (N-methyl/N-ethyl adjacent to an activating group) is 1. The van der Waals surface area contributed by atoms with Crippen molar-refractivity contribution in [1.29, 1.82) is 0 Å². The maximum atomic E-state index is 13.0. The van der Waals surface area contributed by atoms with Crippen LogP contribution in [0.25, 0.3) is 11.0 Å². The molecule has 4 heteroatoms. The zero-order chi connectivity index (χ0) is 14.7. The van der Waals surface area contributed by atoms with Gasteiger partial charge >= 0.3 is 0 Å². The van der Waals surface area contributed by atoms with E-state index in [1.54, 1.807) is 0 Å². The monoisotopic (exact) mass is 283 g/mol. The number of imidazole rings is 1. The van der Waals surface area contributed by atoms with Gasteiger partial charge in [-0.25, -0.2) is 9.37 Å². The number of aromatic nitrogens is 2. The fourth-order valence-corrected chi connectivity index (χ4v) is 2.50. The van der Waals surface area contributed by atoms with Crippen LogP contribution in [0.4, 0.5) is 4.39 Å². The highest BCUT2D eigenvalue weighted by molar-refractivity contribution is 5.76. The van der Waals surface area contributed by atoms with E-state index in [9.17, 15) is 4.39 Å².